The third-order valence-corrected chi connectivity index (χ3v) is 5.94. The maximum atomic E-state index is 13.5. The maximum Gasteiger partial charge on any atom is 0.280 e. The van der Waals surface area contributed by atoms with Crippen LogP contribution in [0.2, 0.25) is 0 Å². The number of hydrogen-bond acceptors (Lipinski definition) is 4. The first kappa shape index (κ1) is 23.8. The molecular formula is C30H25FN4O2. The zero-order valence-corrected chi connectivity index (χ0v) is 20.4. The topological polar surface area (TPSA) is 71.4 Å². The van der Waals surface area contributed by atoms with Crippen molar-refractivity contribution in [3.05, 3.63) is 125 Å². The molecule has 6 nitrogen and oxygen atoms in total. The number of methoxy groups -OCH3 is 1. The Morgan fingerprint density at radius 3 is 2.11 bits per heavy atom. The number of nitrogens with zero attached hydrogens (tertiary/aromatic N) is 2. The highest BCUT2D eigenvalue weighted by Gasteiger charge is 2.19. The second-order valence-electron chi connectivity index (χ2n) is 8.44. The normalized spacial score (nSPS) is 11.4. The van der Waals surface area contributed by atoms with E-state index in [9.17, 15) is 9.18 Å². The molecule has 0 spiro atoms. The van der Waals surface area contributed by atoms with Crippen molar-refractivity contribution in [3.8, 4) is 22.7 Å². The summed E-state index contributed by atoms with van der Waals surface area (Å²) < 4.78 is 20.1. The van der Waals surface area contributed by atoms with Gasteiger partial charge in [-0.2, -0.15) is 0 Å². The molecule has 0 amide bonds. The smallest absolute Gasteiger partial charge is 0.280 e. The van der Waals surface area contributed by atoms with E-state index in [1.54, 1.807) is 19.2 Å². The van der Waals surface area contributed by atoms with Crippen molar-refractivity contribution in [1.29, 1.82) is 0 Å². The van der Waals surface area contributed by atoms with Gasteiger partial charge in [-0.1, -0.05) is 30.3 Å². The molecule has 5 rings (SSSR count). The van der Waals surface area contributed by atoms with E-state index in [0.29, 0.717) is 28.3 Å². The molecule has 0 saturated carbocycles. The summed E-state index contributed by atoms with van der Waals surface area (Å²) in [6.07, 6.45) is 0. The summed E-state index contributed by atoms with van der Waals surface area (Å²) in [6, 6.07) is 30.7. The van der Waals surface area contributed by atoms with E-state index in [0.717, 1.165) is 22.7 Å². The van der Waals surface area contributed by atoms with Gasteiger partial charge < -0.3 is 10.1 Å². The summed E-state index contributed by atoms with van der Waals surface area (Å²) in [6.45, 7) is 1.82. The first-order valence-electron chi connectivity index (χ1n) is 11.7. The Hall–Kier alpha value is -4.91. The van der Waals surface area contributed by atoms with Gasteiger partial charge in [-0.15, -0.1) is 0 Å². The minimum atomic E-state index is -0.366. The zero-order chi connectivity index (χ0) is 25.8. The Kier molecular flexibility index (Phi) is 6.68. The minimum absolute atomic E-state index is 0.260. The van der Waals surface area contributed by atoms with Crippen LogP contribution in [0.5, 0.6) is 5.75 Å². The lowest BCUT2D eigenvalue weighted by atomic mass is 10.1. The highest BCUT2D eigenvalue weighted by Crippen LogP contribution is 2.25. The molecule has 0 radical (unpaired) electrons. The third kappa shape index (κ3) is 5.21. The molecule has 0 saturated heterocycles. The van der Waals surface area contributed by atoms with E-state index in [-0.39, 0.29) is 11.4 Å². The Balaban J connectivity index is 1.48. The number of benzene rings is 4. The lowest BCUT2D eigenvalue weighted by Crippen LogP contribution is -2.19. The monoisotopic (exact) mass is 492 g/mol. The number of H-pyrrole nitrogens is 1. The molecule has 0 atom stereocenters. The molecule has 184 valence electrons. The standard InChI is InChI=1S/C30H25FN4O2/c1-20(32-23-10-12-24(13-11-23)33-25-14-18-27(37-2)19-15-25)28-29(21-6-4-3-5-7-21)34-35(30(28)36)26-16-8-22(31)9-17-26/h3-19,33-34H,1-2H3. The summed E-state index contributed by atoms with van der Waals surface area (Å²) in [5.74, 6) is 0.429. The van der Waals surface area contributed by atoms with E-state index in [2.05, 4.69) is 10.4 Å². The average molecular weight is 493 g/mol. The molecule has 5 aromatic rings. The van der Waals surface area contributed by atoms with Crippen LogP contribution in [0.25, 0.3) is 16.9 Å². The highest BCUT2D eigenvalue weighted by atomic mass is 19.1. The fourth-order valence-corrected chi connectivity index (χ4v) is 4.07. The lowest BCUT2D eigenvalue weighted by molar-refractivity contribution is 0.415. The highest BCUT2D eigenvalue weighted by molar-refractivity contribution is 6.04. The summed E-state index contributed by atoms with van der Waals surface area (Å²) in [5, 5.41) is 6.54. The van der Waals surface area contributed by atoms with Crippen molar-refractivity contribution < 1.29 is 9.13 Å². The van der Waals surface area contributed by atoms with Crippen LogP contribution in [-0.4, -0.2) is 22.6 Å². The van der Waals surface area contributed by atoms with Gasteiger partial charge in [0, 0.05) is 16.9 Å². The van der Waals surface area contributed by atoms with Crippen LogP contribution in [0, 0.1) is 5.82 Å². The molecule has 4 aromatic carbocycles. The Bertz CT molecular complexity index is 1590. The second-order valence-corrected chi connectivity index (χ2v) is 8.44. The average Bonchev–Trinajstić information content (AvgIpc) is 3.28. The second kappa shape index (κ2) is 10.4. The van der Waals surface area contributed by atoms with Crippen LogP contribution in [-0.2, 0) is 0 Å². The fraction of sp³-hybridized carbons (Fsp3) is 0.0667. The van der Waals surface area contributed by atoms with Crippen molar-refractivity contribution in [1.82, 2.24) is 9.78 Å². The molecule has 7 heteroatoms. The van der Waals surface area contributed by atoms with Crippen LogP contribution in [0.1, 0.15) is 12.5 Å². The predicted octanol–water partition coefficient (Wildman–Crippen LogP) is 6.86. The number of aromatic nitrogens is 2. The number of aromatic amines is 1. The molecule has 0 aliphatic rings. The third-order valence-electron chi connectivity index (χ3n) is 5.94. The summed E-state index contributed by atoms with van der Waals surface area (Å²) in [5.41, 5.74) is 5.36. The Morgan fingerprint density at radius 2 is 1.49 bits per heavy atom. The van der Waals surface area contributed by atoms with Crippen LogP contribution < -0.4 is 15.6 Å². The molecule has 0 aliphatic carbocycles. The SMILES string of the molecule is COc1ccc(Nc2ccc(N=C(C)c3c(-c4ccccc4)[nH]n(-c4ccc(F)cc4)c3=O)cc2)cc1. The van der Waals surface area contributed by atoms with E-state index >= 15 is 0 Å². The number of aliphatic imine (C=N–C) groups is 1. The van der Waals surface area contributed by atoms with Gasteiger partial charge >= 0.3 is 0 Å². The summed E-state index contributed by atoms with van der Waals surface area (Å²) >= 11 is 0. The van der Waals surface area contributed by atoms with E-state index in [1.807, 2.05) is 85.8 Å². The van der Waals surface area contributed by atoms with E-state index in [1.165, 1.54) is 16.8 Å². The van der Waals surface area contributed by atoms with Gasteiger partial charge in [0.1, 0.15) is 11.6 Å². The first-order valence-corrected chi connectivity index (χ1v) is 11.7. The molecular weight excluding hydrogens is 467 g/mol. The van der Waals surface area contributed by atoms with Crippen molar-refractivity contribution in [2.75, 3.05) is 12.4 Å². The van der Waals surface area contributed by atoms with Gasteiger partial charge in [0.2, 0.25) is 0 Å². The largest absolute Gasteiger partial charge is 0.497 e. The van der Waals surface area contributed by atoms with Gasteiger partial charge in [-0.25, -0.2) is 9.07 Å². The van der Waals surface area contributed by atoms with Gasteiger partial charge in [0.15, 0.2) is 0 Å². The van der Waals surface area contributed by atoms with Crippen LogP contribution >= 0.6 is 0 Å². The Morgan fingerprint density at radius 1 is 0.865 bits per heavy atom. The predicted molar refractivity (Wildman–Crippen MR) is 146 cm³/mol. The fourth-order valence-electron chi connectivity index (χ4n) is 4.07. The number of halogens is 1. The number of hydrogen-bond donors (Lipinski definition) is 2. The summed E-state index contributed by atoms with van der Waals surface area (Å²) in [4.78, 5) is 18.3. The lowest BCUT2D eigenvalue weighted by Gasteiger charge is -2.08. The number of anilines is 2. The molecule has 0 aliphatic heterocycles. The van der Waals surface area contributed by atoms with Gasteiger partial charge in [-0.05, 0) is 79.7 Å². The van der Waals surface area contributed by atoms with Crippen molar-refractivity contribution in [2.45, 2.75) is 6.92 Å². The van der Waals surface area contributed by atoms with Gasteiger partial charge in [0.25, 0.3) is 5.56 Å². The van der Waals surface area contributed by atoms with Gasteiger partial charge in [-0.3, -0.25) is 14.9 Å². The minimum Gasteiger partial charge on any atom is -0.497 e. The molecule has 37 heavy (non-hydrogen) atoms. The van der Waals surface area contributed by atoms with Crippen molar-refractivity contribution >= 4 is 22.8 Å². The summed E-state index contributed by atoms with van der Waals surface area (Å²) in [7, 11) is 1.64. The number of rotatable bonds is 7. The molecule has 0 bridgehead atoms. The van der Waals surface area contributed by atoms with Crippen LogP contribution in [0.3, 0.4) is 0 Å². The Labute approximate surface area is 213 Å². The molecule has 2 N–H and O–H groups in total. The van der Waals surface area contributed by atoms with Crippen molar-refractivity contribution in [3.63, 3.8) is 0 Å². The van der Waals surface area contributed by atoms with Crippen LogP contribution in [0.15, 0.2) is 113 Å². The van der Waals surface area contributed by atoms with E-state index < -0.39 is 0 Å². The molecule has 1 aromatic heterocycles. The quantitative estimate of drug-likeness (QED) is 0.244. The number of ether oxygens (including phenoxy) is 1. The first-order chi connectivity index (χ1) is 18.0. The van der Waals surface area contributed by atoms with Crippen LogP contribution in [0.4, 0.5) is 21.5 Å². The molecule has 0 fully saturated rings. The van der Waals surface area contributed by atoms with Gasteiger partial charge in [0.05, 0.1) is 35.5 Å². The zero-order valence-electron chi connectivity index (χ0n) is 20.4. The van der Waals surface area contributed by atoms with Crippen molar-refractivity contribution in [2.24, 2.45) is 4.99 Å². The molecule has 0 unspecified atom stereocenters. The molecule has 1 heterocycles. The van der Waals surface area contributed by atoms with E-state index in [4.69, 9.17) is 9.73 Å². The maximum absolute atomic E-state index is 13.5. The number of nitrogens with one attached hydrogen (secondary N) is 2.